The number of benzene rings is 1. The van der Waals surface area contributed by atoms with E-state index in [2.05, 4.69) is 11.9 Å². The molecule has 2 amide bonds. The monoisotopic (exact) mass is 505 g/mol. The van der Waals surface area contributed by atoms with E-state index in [1.54, 1.807) is 9.80 Å². The van der Waals surface area contributed by atoms with Gasteiger partial charge in [0, 0.05) is 62.0 Å². The van der Waals surface area contributed by atoms with Gasteiger partial charge < -0.3 is 24.6 Å². The van der Waals surface area contributed by atoms with Crippen LogP contribution in [0.4, 0.5) is 9.59 Å². The van der Waals surface area contributed by atoms with Crippen LogP contribution in [0.2, 0.25) is 5.02 Å². The van der Waals surface area contributed by atoms with E-state index in [1.165, 1.54) is 6.08 Å². The molecule has 192 valence electrons. The summed E-state index contributed by atoms with van der Waals surface area (Å²) in [5.74, 6) is 0.0886. The molecule has 0 bridgehead atoms. The fourth-order valence-electron chi connectivity index (χ4n) is 4.67. The summed E-state index contributed by atoms with van der Waals surface area (Å²) < 4.78 is 11.1. The molecule has 0 saturated carbocycles. The van der Waals surface area contributed by atoms with Crippen molar-refractivity contribution in [3.63, 3.8) is 0 Å². The largest absolute Gasteiger partial charge is 0.445 e. The van der Waals surface area contributed by atoms with Gasteiger partial charge in [0.15, 0.2) is 0 Å². The van der Waals surface area contributed by atoms with E-state index in [9.17, 15) is 14.4 Å². The predicted molar refractivity (Wildman–Crippen MR) is 135 cm³/mol. The Bertz CT molecular complexity index is 920. The molecule has 0 aliphatic carbocycles. The number of carbonyl (C=O) groups is 3. The number of rotatable bonds is 7. The Morgan fingerprint density at radius 3 is 2.63 bits per heavy atom. The Balaban J connectivity index is 1.61. The lowest BCUT2D eigenvalue weighted by Crippen LogP contribution is -2.59. The van der Waals surface area contributed by atoms with E-state index >= 15 is 0 Å². The van der Waals surface area contributed by atoms with Crippen LogP contribution in [0, 0.1) is 0 Å². The molecule has 2 fully saturated rings. The van der Waals surface area contributed by atoms with Crippen molar-refractivity contribution < 1.29 is 23.9 Å². The maximum atomic E-state index is 13.2. The molecule has 1 N–H and O–H groups in total. The zero-order valence-corrected chi connectivity index (χ0v) is 21.6. The highest BCUT2D eigenvalue weighted by Crippen LogP contribution is 2.27. The summed E-state index contributed by atoms with van der Waals surface area (Å²) in [5.41, 5.74) is 0.257. The molecule has 2 aliphatic heterocycles. The fraction of sp³-hybridized carbons (Fsp3) is 0.577. The summed E-state index contributed by atoms with van der Waals surface area (Å²) in [6.07, 6.45) is 2.25. The summed E-state index contributed by atoms with van der Waals surface area (Å²) in [4.78, 5) is 41.1. The number of ether oxygens (including phenoxy) is 2. The molecule has 9 heteroatoms. The Labute approximate surface area is 212 Å². The maximum Gasteiger partial charge on any atom is 0.410 e. The second kappa shape index (κ2) is 11.9. The number of piperazine rings is 1. The lowest BCUT2D eigenvalue weighted by molar-refractivity contribution is -0.123. The number of Topliss-reactive ketones (excluding diaryl/α,β-unsaturated/α-hetero) is 1. The number of carbonyl (C=O) groups excluding carboxylic acids is 3. The number of halogens is 1. The first-order valence-corrected chi connectivity index (χ1v) is 12.5. The van der Waals surface area contributed by atoms with Crippen LogP contribution < -0.4 is 5.32 Å². The van der Waals surface area contributed by atoms with Gasteiger partial charge in [-0.25, -0.2) is 9.59 Å². The number of nitrogens with one attached hydrogen (secondary N) is 1. The van der Waals surface area contributed by atoms with Gasteiger partial charge in [-0.05, 0) is 44.9 Å². The number of ketones is 1. The molecular weight excluding hydrogens is 470 g/mol. The van der Waals surface area contributed by atoms with Gasteiger partial charge >= 0.3 is 12.2 Å². The Morgan fingerprint density at radius 2 is 1.94 bits per heavy atom. The van der Waals surface area contributed by atoms with Gasteiger partial charge in [-0.3, -0.25) is 4.79 Å². The SMILES string of the molecule is C=CCOC(=O)N1CCC(=O)CC1CC(C)(C)OC(=O)N1CC(Cc2ccc(Cl)cc2)NC[C@@H]1C. The van der Waals surface area contributed by atoms with Crippen molar-refractivity contribution in [1.29, 1.82) is 0 Å². The molecule has 3 atom stereocenters. The fourth-order valence-corrected chi connectivity index (χ4v) is 4.79. The number of nitrogens with zero attached hydrogens (tertiary/aromatic N) is 2. The van der Waals surface area contributed by atoms with Crippen molar-refractivity contribution in [2.24, 2.45) is 0 Å². The zero-order chi connectivity index (χ0) is 25.6. The minimum Gasteiger partial charge on any atom is -0.445 e. The summed E-state index contributed by atoms with van der Waals surface area (Å²) in [5, 5.41) is 4.19. The van der Waals surface area contributed by atoms with Gasteiger partial charge in [-0.1, -0.05) is 36.4 Å². The number of likely N-dealkylation sites (tertiary alicyclic amines) is 1. The number of hydrogen-bond acceptors (Lipinski definition) is 6. The summed E-state index contributed by atoms with van der Waals surface area (Å²) in [6.45, 7) is 10.7. The normalized spacial score (nSPS) is 23.1. The van der Waals surface area contributed by atoms with Crippen LogP contribution in [-0.4, -0.2) is 77.7 Å². The van der Waals surface area contributed by atoms with Crippen molar-refractivity contribution in [3.8, 4) is 0 Å². The minimum absolute atomic E-state index is 0.0265. The molecule has 2 unspecified atom stereocenters. The Hall–Kier alpha value is -2.58. The van der Waals surface area contributed by atoms with Gasteiger partial charge in [-0.2, -0.15) is 0 Å². The van der Waals surface area contributed by atoms with E-state index in [-0.39, 0.29) is 30.9 Å². The molecule has 0 radical (unpaired) electrons. The average molecular weight is 506 g/mol. The average Bonchev–Trinajstić information content (AvgIpc) is 2.79. The molecule has 2 saturated heterocycles. The smallest absolute Gasteiger partial charge is 0.410 e. The first-order valence-electron chi connectivity index (χ1n) is 12.1. The Morgan fingerprint density at radius 1 is 1.23 bits per heavy atom. The van der Waals surface area contributed by atoms with Gasteiger partial charge in [0.05, 0.1) is 0 Å². The van der Waals surface area contributed by atoms with Crippen LogP contribution in [0.15, 0.2) is 36.9 Å². The molecule has 35 heavy (non-hydrogen) atoms. The van der Waals surface area contributed by atoms with Crippen LogP contribution in [0.25, 0.3) is 0 Å². The van der Waals surface area contributed by atoms with Gasteiger partial charge in [0.25, 0.3) is 0 Å². The summed E-state index contributed by atoms with van der Waals surface area (Å²) in [7, 11) is 0. The van der Waals surface area contributed by atoms with Gasteiger partial charge in [0.2, 0.25) is 0 Å². The highest BCUT2D eigenvalue weighted by molar-refractivity contribution is 6.30. The highest BCUT2D eigenvalue weighted by atomic mass is 35.5. The van der Waals surface area contributed by atoms with E-state index < -0.39 is 23.8 Å². The van der Waals surface area contributed by atoms with E-state index in [0.717, 1.165) is 12.0 Å². The third-order valence-corrected chi connectivity index (χ3v) is 6.72. The summed E-state index contributed by atoms with van der Waals surface area (Å²) in [6, 6.07) is 7.38. The predicted octanol–water partition coefficient (Wildman–Crippen LogP) is 4.21. The van der Waals surface area contributed by atoms with Crippen LogP contribution in [0.3, 0.4) is 0 Å². The van der Waals surface area contributed by atoms with E-state index in [4.69, 9.17) is 21.1 Å². The molecule has 1 aromatic rings. The van der Waals surface area contributed by atoms with Crippen LogP contribution in [-0.2, 0) is 20.7 Å². The molecule has 1 aromatic carbocycles. The summed E-state index contributed by atoms with van der Waals surface area (Å²) >= 11 is 5.99. The van der Waals surface area contributed by atoms with E-state index in [0.29, 0.717) is 37.5 Å². The number of piperidine rings is 1. The topological polar surface area (TPSA) is 88.2 Å². The van der Waals surface area contributed by atoms with Crippen LogP contribution in [0.5, 0.6) is 0 Å². The second-order valence-electron chi connectivity index (χ2n) is 9.97. The maximum absolute atomic E-state index is 13.2. The van der Waals surface area contributed by atoms with Crippen molar-refractivity contribution in [2.75, 3.05) is 26.2 Å². The third kappa shape index (κ3) is 7.70. The third-order valence-electron chi connectivity index (χ3n) is 6.47. The van der Waals surface area contributed by atoms with Crippen molar-refractivity contribution >= 4 is 29.6 Å². The van der Waals surface area contributed by atoms with Gasteiger partial charge in [0.1, 0.15) is 18.0 Å². The lowest BCUT2D eigenvalue weighted by atomic mass is 9.91. The van der Waals surface area contributed by atoms with Crippen LogP contribution in [0.1, 0.15) is 45.6 Å². The number of amides is 2. The van der Waals surface area contributed by atoms with Crippen molar-refractivity contribution in [1.82, 2.24) is 15.1 Å². The zero-order valence-electron chi connectivity index (χ0n) is 20.8. The lowest BCUT2D eigenvalue weighted by Gasteiger charge is -2.41. The molecule has 0 aromatic heterocycles. The molecule has 3 rings (SSSR count). The number of hydrogen-bond donors (Lipinski definition) is 1. The van der Waals surface area contributed by atoms with Crippen molar-refractivity contribution in [2.45, 2.75) is 70.2 Å². The quantitative estimate of drug-likeness (QED) is 0.558. The van der Waals surface area contributed by atoms with E-state index in [1.807, 2.05) is 45.0 Å². The first kappa shape index (κ1) is 27.0. The molecule has 2 aliphatic rings. The highest BCUT2D eigenvalue weighted by Gasteiger charge is 2.39. The molecule has 0 spiro atoms. The molecule has 2 heterocycles. The molecule has 8 nitrogen and oxygen atoms in total. The van der Waals surface area contributed by atoms with Crippen molar-refractivity contribution in [3.05, 3.63) is 47.5 Å². The van der Waals surface area contributed by atoms with Gasteiger partial charge in [-0.15, -0.1) is 0 Å². The van der Waals surface area contributed by atoms with Crippen LogP contribution >= 0.6 is 11.6 Å². The Kier molecular flexibility index (Phi) is 9.19. The first-order chi connectivity index (χ1) is 16.6. The standard InChI is InChI=1S/C26H36ClN3O5/c1-5-12-34-24(32)29-11-10-23(31)14-22(29)15-26(3,4)35-25(33)30-17-21(28-16-18(30)2)13-19-6-8-20(27)9-7-19/h5-9,18,21-22,28H,1,10-17H2,2-4H3/t18-,21?,22?/m0/s1. The second-order valence-corrected chi connectivity index (χ2v) is 10.4. The molecular formula is C26H36ClN3O5. The minimum atomic E-state index is -0.882.